The van der Waals surface area contributed by atoms with Gasteiger partial charge < -0.3 is 4.90 Å². The van der Waals surface area contributed by atoms with E-state index in [4.69, 9.17) is 0 Å². The van der Waals surface area contributed by atoms with Crippen LogP contribution in [0.5, 0.6) is 0 Å². The summed E-state index contributed by atoms with van der Waals surface area (Å²) in [5.41, 5.74) is 0.825. The number of hydrogen-bond acceptors (Lipinski definition) is 3. The van der Waals surface area contributed by atoms with Gasteiger partial charge in [0.15, 0.2) is 0 Å². The molecule has 1 fully saturated rings. The summed E-state index contributed by atoms with van der Waals surface area (Å²) in [6, 6.07) is 6.16. The van der Waals surface area contributed by atoms with Gasteiger partial charge in [-0.15, -0.1) is 0 Å². The molecular weight excluding hydrogens is 304 g/mol. The molecule has 0 bridgehead atoms. The number of carbonyl (C=O) groups is 3. The highest BCUT2D eigenvalue weighted by molar-refractivity contribution is 6.22. The number of amides is 3. The van der Waals surface area contributed by atoms with Crippen molar-refractivity contribution in [3.05, 3.63) is 35.4 Å². The van der Waals surface area contributed by atoms with E-state index in [-0.39, 0.29) is 17.7 Å². The minimum absolute atomic E-state index is 0.0716. The predicted molar refractivity (Wildman–Crippen MR) is 90.7 cm³/mol. The van der Waals surface area contributed by atoms with Gasteiger partial charge in [-0.2, -0.15) is 0 Å². The SMILES string of the molecule is CCCCC(C(=O)N1CCCCC1)N1C(=O)c2ccccc2C1=O. The van der Waals surface area contributed by atoms with E-state index < -0.39 is 6.04 Å². The number of likely N-dealkylation sites (tertiary alicyclic amines) is 1. The van der Waals surface area contributed by atoms with Crippen molar-refractivity contribution in [1.29, 1.82) is 0 Å². The van der Waals surface area contributed by atoms with Gasteiger partial charge in [-0.1, -0.05) is 31.9 Å². The van der Waals surface area contributed by atoms with Gasteiger partial charge in [0.05, 0.1) is 11.1 Å². The molecule has 5 heteroatoms. The van der Waals surface area contributed by atoms with Gasteiger partial charge in [0.2, 0.25) is 5.91 Å². The lowest BCUT2D eigenvalue weighted by Gasteiger charge is -2.33. The molecule has 1 atom stereocenters. The van der Waals surface area contributed by atoms with Crippen molar-refractivity contribution < 1.29 is 14.4 Å². The Morgan fingerprint density at radius 2 is 1.62 bits per heavy atom. The third-order valence-corrected chi connectivity index (χ3v) is 4.92. The van der Waals surface area contributed by atoms with Gasteiger partial charge in [0.1, 0.15) is 6.04 Å². The number of benzene rings is 1. The number of piperidine rings is 1. The zero-order valence-corrected chi connectivity index (χ0v) is 14.2. The van der Waals surface area contributed by atoms with E-state index >= 15 is 0 Å². The molecule has 0 radical (unpaired) electrons. The Balaban J connectivity index is 1.87. The van der Waals surface area contributed by atoms with E-state index in [2.05, 4.69) is 0 Å². The van der Waals surface area contributed by atoms with Crippen LogP contribution in [0.4, 0.5) is 0 Å². The summed E-state index contributed by atoms with van der Waals surface area (Å²) < 4.78 is 0. The minimum atomic E-state index is -0.671. The fourth-order valence-corrected chi connectivity index (χ4v) is 3.58. The van der Waals surface area contributed by atoms with Crippen LogP contribution >= 0.6 is 0 Å². The van der Waals surface area contributed by atoms with Gasteiger partial charge in [-0.05, 0) is 37.8 Å². The van der Waals surface area contributed by atoms with Crippen LogP contribution in [0.2, 0.25) is 0 Å². The average molecular weight is 328 g/mol. The first-order valence-corrected chi connectivity index (χ1v) is 8.91. The molecule has 0 aliphatic carbocycles. The van der Waals surface area contributed by atoms with Gasteiger partial charge in [-0.25, -0.2) is 0 Å². The number of carbonyl (C=O) groups excluding carboxylic acids is 3. The molecule has 0 saturated carbocycles. The third-order valence-electron chi connectivity index (χ3n) is 4.92. The summed E-state index contributed by atoms with van der Waals surface area (Å²) in [5, 5.41) is 0. The number of unbranched alkanes of at least 4 members (excludes halogenated alkanes) is 1. The summed E-state index contributed by atoms with van der Waals surface area (Å²) in [5.74, 6) is -0.734. The number of fused-ring (bicyclic) bond motifs is 1. The van der Waals surface area contributed by atoms with E-state index in [1.165, 1.54) is 4.90 Å². The standard InChI is InChI=1S/C19H24N2O3/c1-2-3-11-16(19(24)20-12-7-4-8-13-20)21-17(22)14-9-5-6-10-15(14)18(21)23/h5-6,9-10,16H,2-4,7-8,11-13H2,1H3. The zero-order valence-electron chi connectivity index (χ0n) is 14.2. The van der Waals surface area contributed by atoms with Crippen LogP contribution in [0.3, 0.4) is 0 Å². The van der Waals surface area contributed by atoms with Gasteiger partial charge in [0, 0.05) is 13.1 Å². The van der Waals surface area contributed by atoms with Crippen molar-refractivity contribution in [1.82, 2.24) is 9.80 Å². The van der Waals surface area contributed by atoms with E-state index in [1.54, 1.807) is 24.3 Å². The first kappa shape index (κ1) is 16.7. The van der Waals surface area contributed by atoms with Crippen LogP contribution in [0.1, 0.15) is 66.2 Å². The van der Waals surface area contributed by atoms with Crippen molar-refractivity contribution in [2.45, 2.75) is 51.5 Å². The van der Waals surface area contributed by atoms with Crippen LogP contribution < -0.4 is 0 Å². The molecule has 3 amide bonds. The van der Waals surface area contributed by atoms with Crippen LogP contribution in [-0.4, -0.2) is 46.7 Å². The molecule has 0 spiro atoms. The lowest BCUT2D eigenvalue weighted by molar-refractivity contribution is -0.136. The Morgan fingerprint density at radius 1 is 1.04 bits per heavy atom. The second-order valence-electron chi connectivity index (χ2n) is 6.57. The molecule has 1 unspecified atom stereocenters. The lowest BCUT2D eigenvalue weighted by atomic mass is 10.0. The van der Waals surface area contributed by atoms with Crippen LogP contribution in [0, 0.1) is 0 Å². The molecule has 0 aromatic heterocycles. The van der Waals surface area contributed by atoms with Crippen molar-refractivity contribution in [3.8, 4) is 0 Å². The largest absolute Gasteiger partial charge is 0.341 e. The molecule has 2 heterocycles. The summed E-state index contributed by atoms with van der Waals surface area (Å²) >= 11 is 0. The summed E-state index contributed by atoms with van der Waals surface area (Å²) in [6.07, 6.45) is 5.40. The van der Waals surface area contributed by atoms with Gasteiger partial charge in [-0.3, -0.25) is 19.3 Å². The fourth-order valence-electron chi connectivity index (χ4n) is 3.58. The van der Waals surface area contributed by atoms with Crippen LogP contribution in [0.15, 0.2) is 24.3 Å². The quantitative estimate of drug-likeness (QED) is 0.781. The summed E-state index contributed by atoms with van der Waals surface area (Å²) in [6.45, 7) is 3.50. The molecule has 5 nitrogen and oxygen atoms in total. The Morgan fingerprint density at radius 3 is 2.17 bits per heavy atom. The zero-order chi connectivity index (χ0) is 17.1. The number of rotatable bonds is 5. The van der Waals surface area contributed by atoms with Crippen LogP contribution in [0.25, 0.3) is 0 Å². The average Bonchev–Trinajstić information content (AvgIpc) is 2.88. The molecule has 1 aromatic carbocycles. The van der Waals surface area contributed by atoms with E-state index in [0.717, 1.165) is 45.2 Å². The molecule has 1 aromatic rings. The minimum Gasteiger partial charge on any atom is -0.341 e. The molecular formula is C19H24N2O3. The Hall–Kier alpha value is -2.17. The number of hydrogen-bond donors (Lipinski definition) is 0. The molecule has 2 aliphatic rings. The predicted octanol–water partition coefficient (Wildman–Crippen LogP) is 2.85. The highest BCUT2D eigenvalue weighted by Gasteiger charge is 2.43. The summed E-state index contributed by atoms with van der Waals surface area (Å²) in [4.78, 5) is 41.5. The molecule has 0 N–H and O–H groups in total. The maximum absolute atomic E-state index is 13.0. The third kappa shape index (κ3) is 2.95. The summed E-state index contributed by atoms with van der Waals surface area (Å²) in [7, 11) is 0. The molecule has 128 valence electrons. The van der Waals surface area contributed by atoms with Crippen LogP contribution in [-0.2, 0) is 4.79 Å². The lowest BCUT2D eigenvalue weighted by Crippen LogP contribution is -2.52. The van der Waals surface area contributed by atoms with Crippen molar-refractivity contribution >= 4 is 17.7 Å². The molecule has 24 heavy (non-hydrogen) atoms. The molecule has 3 rings (SSSR count). The number of imide groups is 1. The van der Waals surface area contributed by atoms with E-state index in [9.17, 15) is 14.4 Å². The Kier molecular flexibility index (Phi) is 4.97. The first-order chi connectivity index (χ1) is 11.6. The fraction of sp³-hybridized carbons (Fsp3) is 0.526. The van der Waals surface area contributed by atoms with E-state index in [1.807, 2.05) is 11.8 Å². The smallest absolute Gasteiger partial charge is 0.262 e. The highest BCUT2D eigenvalue weighted by atomic mass is 16.2. The molecule has 1 saturated heterocycles. The second kappa shape index (κ2) is 7.16. The second-order valence-corrected chi connectivity index (χ2v) is 6.57. The Labute approximate surface area is 142 Å². The monoisotopic (exact) mass is 328 g/mol. The normalized spacial score (nSPS) is 18.7. The number of nitrogens with zero attached hydrogens (tertiary/aromatic N) is 2. The van der Waals surface area contributed by atoms with Gasteiger partial charge >= 0.3 is 0 Å². The maximum Gasteiger partial charge on any atom is 0.262 e. The van der Waals surface area contributed by atoms with Crippen molar-refractivity contribution in [2.24, 2.45) is 0 Å². The van der Waals surface area contributed by atoms with Crippen molar-refractivity contribution in [3.63, 3.8) is 0 Å². The first-order valence-electron chi connectivity index (χ1n) is 8.91. The van der Waals surface area contributed by atoms with E-state index in [0.29, 0.717) is 17.5 Å². The van der Waals surface area contributed by atoms with Gasteiger partial charge in [0.25, 0.3) is 11.8 Å². The van der Waals surface area contributed by atoms with Crippen molar-refractivity contribution in [2.75, 3.05) is 13.1 Å². The molecule has 2 aliphatic heterocycles. The highest BCUT2D eigenvalue weighted by Crippen LogP contribution is 2.27. The maximum atomic E-state index is 13.0. The Bertz CT molecular complexity index is 615. The topological polar surface area (TPSA) is 57.7 Å².